The third kappa shape index (κ3) is 3.88. The van der Waals surface area contributed by atoms with Gasteiger partial charge in [-0.2, -0.15) is 0 Å². The summed E-state index contributed by atoms with van der Waals surface area (Å²) in [5.74, 6) is 0.539. The van der Waals surface area contributed by atoms with Crippen molar-refractivity contribution in [2.45, 2.75) is 24.8 Å². The zero-order valence-electron chi connectivity index (χ0n) is 15.7. The molecule has 2 heterocycles. The van der Waals surface area contributed by atoms with Gasteiger partial charge in [0.1, 0.15) is 16.2 Å². The molecule has 28 heavy (non-hydrogen) atoms. The number of rotatable bonds is 6. The number of hydrogen-bond acceptors (Lipinski definition) is 6. The maximum atomic E-state index is 12.7. The van der Waals surface area contributed by atoms with Gasteiger partial charge in [0.25, 0.3) is 5.56 Å². The standard InChI is InChI=1S/C19H19ClN4O3S/c1-4-5-14-21-16-15(18(26)24(3)19(27)23(16)2)17(22-14)28-10-13(25)11-6-8-12(20)9-7-11/h6-9H,4-5,10H2,1-3H3. The Balaban J connectivity index is 2.06. The fourth-order valence-corrected chi connectivity index (χ4v) is 3.82. The summed E-state index contributed by atoms with van der Waals surface area (Å²) in [7, 11) is 2.98. The van der Waals surface area contributed by atoms with Crippen LogP contribution < -0.4 is 11.2 Å². The third-order valence-corrected chi connectivity index (χ3v) is 5.52. The van der Waals surface area contributed by atoms with Crippen molar-refractivity contribution in [3.05, 3.63) is 61.5 Å². The average molecular weight is 419 g/mol. The molecule has 0 aliphatic heterocycles. The number of ketones is 1. The van der Waals surface area contributed by atoms with E-state index in [0.717, 1.165) is 11.0 Å². The minimum atomic E-state index is -0.470. The second kappa shape index (κ2) is 8.28. The zero-order chi connectivity index (χ0) is 20.4. The molecule has 0 radical (unpaired) electrons. The summed E-state index contributed by atoms with van der Waals surface area (Å²) >= 11 is 7.04. The number of aryl methyl sites for hydroxylation is 2. The monoisotopic (exact) mass is 418 g/mol. The van der Waals surface area contributed by atoms with Crippen molar-refractivity contribution >= 4 is 40.2 Å². The van der Waals surface area contributed by atoms with Crippen molar-refractivity contribution in [3.63, 3.8) is 0 Å². The van der Waals surface area contributed by atoms with Crippen LogP contribution in [0.4, 0.5) is 0 Å². The van der Waals surface area contributed by atoms with Crippen LogP contribution >= 0.6 is 23.4 Å². The van der Waals surface area contributed by atoms with Gasteiger partial charge in [0, 0.05) is 31.1 Å². The number of carbonyl (C=O) groups is 1. The van der Waals surface area contributed by atoms with Crippen LogP contribution in [-0.2, 0) is 20.5 Å². The topological polar surface area (TPSA) is 86.9 Å². The number of aromatic nitrogens is 4. The minimum absolute atomic E-state index is 0.102. The maximum absolute atomic E-state index is 12.7. The minimum Gasteiger partial charge on any atom is -0.293 e. The van der Waals surface area contributed by atoms with Crippen molar-refractivity contribution in [2.24, 2.45) is 14.1 Å². The van der Waals surface area contributed by atoms with Gasteiger partial charge in [-0.25, -0.2) is 14.8 Å². The summed E-state index contributed by atoms with van der Waals surface area (Å²) in [4.78, 5) is 46.4. The van der Waals surface area contributed by atoms with Gasteiger partial charge in [-0.1, -0.05) is 30.3 Å². The van der Waals surface area contributed by atoms with Crippen LogP contribution in [0.5, 0.6) is 0 Å². The lowest BCUT2D eigenvalue weighted by atomic mass is 10.1. The molecule has 9 heteroatoms. The summed E-state index contributed by atoms with van der Waals surface area (Å²) < 4.78 is 2.36. The summed E-state index contributed by atoms with van der Waals surface area (Å²) in [6.45, 7) is 1.99. The number of nitrogens with zero attached hydrogens (tertiary/aromatic N) is 4. The van der Waals surface area contributed by atoms with Gasteiger partial charge in [-0.15, -0.1) is 0 Å². The molecule has 146 valence electrons. The van der Waals surface area contributed by atoms with Gasteiger partial charge in [0.15, 0.2) is 11.4 Å². The van der Waals surface area contributed by atoms with Crippen LogP contribution in [0.2, 0.25) is 5.02 Å². The van der Waals surface area contributed by atoms with Crippen LogP contribution in [0.3, 0.4) is 0 Å². The fourth-order valence-electron chi connectivity index (χ4n) is 2.76. The second-order valence-electron chi connectivity index (χ2n) is 6.32. The number of hydrogen-bond donors (Lipinski definition) is 0. The van der Waals surface area contributed by atoms with E-state index >= 15 is 0 Å². The number of benzene rings is 1. The lowest BCUT2D eigenvalue weighted by Gasteiger charge is -2.11. The first-order chi connectivity index (χ1) is 13.3. The molecular weight excluding hydrogens is 400 g/mol. The molecule has 3 aromatic rings. The molecule has 7 nitrogen and oxygen atoms in total. The molecule has 0 aliphatic rings. The SMILES string of the molecule is CCCc1nc(SCC(=O)c2ccc(Cl)cc2)c2c(=O)n(C)c(=O)n(C)c2n1. The molecule has 0 aliphatic carbocycles. The van der Waals surface area contributed by atoms with Crippen molar-refractivity contribution in [2.75, 3.05) is 5.75 Å². The van der Waals surface area contributed by atoms with Crippen molar-refractivity contribution in [1.82, 2.24) is 19.1 Å². The number of halogens is 1. The lowest BCUT2D eigenvalue weighted by Crippen LogP contribution is -2.37. The van der Waals surface area contributed by atoms with E-state index in [2.05, 4.69) is 9.97 Å². The third-order valence-electron chi connectivity index (χ3n) is 4.29. The normalized spacial score (nSPS) is 11.1. The van der Waals surface area contributed by atoms with Gasteiger partial charge >= 0.3 is 5.69 Å². The first-order valence-corrected chi connectivity index (χ1v) is 10.1. The van der Waals surface area contributed by atoms with Gasteiger partial charge in [-0.3, -0.25) is 18.7 Å². The Morgan fingerprint density at radius 1 is 1.11 bits per heavy atom. The number of fused-ring (bicyclic) bond motifs is 1. The van der Waals surface area contributed by atoms with E-state index in [-0.39, 0.29) is 22.6 Å². The van der Waals surface area contributed by atoms with E-state index < -0.39 is 11.2 Å². The molecule has 0 saturated heterocycles. The summed E-state index contributed by atoms with van der Waals surface area (Å²) in [5, 5.41) is 1.21. The molecule has 0 atom stereocenters. The van der Waals surface area contributed by atoms with E-state index in [9.17, 15) is 14.4 Å². The van der Waals surface area contributed by atoms with Crippen LogP contribution in [-0.4, -0.2) is 30.6 Å². The Kier molecular flexibility index (Phi) is 6.00. The van der Waals surface area contributed by atoms with Crippen LogP contribution in [0.15, 0.2) is 38.9 Å². The fraction of sp³-hybridized carbons (Fsp3) is 0.316. The average Bonchev–Trinajstić information content (AvgIpc) is 2.69. The predicted molar refractivity (Wildman–Crippen MR) is 111 cm³/mol. The van der Waals surface area contributed by atoms with Crippen LogP contribution in [0, 0.1) is 0 Å². The van der Waals surface area contributed by atoms with Gasteiger partial charge in [0.05, 0.1) is 5.75 Å². The number of thioether (sulfide) groups is 1. The zero-order valence-corrected chi connectivity index (χ0v) is 17.3. The lowest BCUT2D eigenvalue weighted by molar-refractivity contribution is 0.102. The summed E-state index contributed by atoms with van der Waals surface area (Å²) in [6, 6.07) is 6.64. The quantitative estimate of drug-likeness (QED) is 0.347. The Morgan fingerprint density at radius 3 is 2.43 bits per heavy atom. The first kappa shape index (κ1) is 20.3. The molecular formula is C19H19ClN4O3S. The molecule has 0 saturated carbocycles. The molecule has 2 aromatic heterocycles. The predicted octanol–water partition coefficient (Wildman–Crippen LogP) is 2.61. The highest BCUT2D eigenvalue weighted by atomic mass is 35.5. The Labute approximate surface area is 170 Å². The van der Waals surface area contributed by atoms with Gasteiger partial charge in [0.2, 0.25) is 0 Å². The van der Waals surface area contributed by atoms with Crippen LogP contribution in [0.1, 0.15) is 29.5 Å². The summed E-state index contributed by atoms with van der Waals surface area (Å²) in [6.07, 6.45) is 1.43. The smallest absolute Gasteiger partial charge is 0.293 e. The van der Waals surface area contributed by atoms with E-state index in [4.69, 9.17) is 11.6 Å². The molecule has 0 spiro atoms. The molecule has 0 N–H and O–H groups in total. The summed E-state index contributed by atoms with van der Waals surface area (Å²) in [5.41, 5.74) is -0.105. The van der Waals surface area contributed by atoms with E-state index in [0.29, 0.717) is 27.9 Å². The highest BCUT2D eigenvalue weighted by molar-refractivity contribution is 8.00. The van der Waals surface area contributed by atoms with E-state index in [1.807, 2.05) is 6.92 Å². The van der Waals surface area contributed by atoms with Crippen molar-refractivity contribution in [3.8, 4) is 0 Å². The Morgan fingerprint density at radius 2 is 1.79 bits per heavy atom. The molecule has 0 fully saturated rings. The van der Waals surface area contributed by atoms with E-state index in [1.165, 1.54) is 23.4 Å². The Bertz CT molecular complexity index is 1170. The van der Waals surface area contributed by atoms with Gasteiger partial charge in [-0.05, 0) is 30.7 Å². The van der Waals surface area contributed by atoms with Gasteiger partial charge < -0.3 is 0 Å². The largest absolute Gasteiger partial charge is 0.332 e. The molecule has 0 bridgehead atoms. The van der Waals surface area contributed by atoms with E-state index in [1.54, 1.807) is 31.3 Å². The second-order valence-corrected chi connectivity index (χ2v) is 7.72. The highest BCUT2D eigenvalue weighted by Gasteiger charge is 2.18. The number of Topliss-reactive ketones (excluding diaryl/α,β-unsaturated/α-hetero) is 1. The molecule has 0 unspecified atom stereocenters. The molecule has 0 amide bonds. The highest BCUT2D eigenvalue weighted by Crippen LogP contribution is 2.24. The van der Waals surface area contributed by atoms with Crippen molar-refractivity contribution in [1.29, 1.82) is 0 Å². The Hall–Kier alpha value is -2.45. The first-order valence-electron chi connectivity index (χ1n) is 8.71. The molecule has 1 aromatic carbocycles. The van der Waals surface area contributed by atoms with Crippen LogP contribution in [0.25, 0.3) is 11.0 Å². The molecule has 3 rings (SSSR count). The number of carbonyl (C=O) groups excluding carboxylic acids is 1. The van der Waals surface area contributed by atoms with Crippen molar-refractivity contribution < 1.29 is 4.79 Å². The maximum Gasteiger partial charge on any atom is 0.332 e.